The van der Waals surface area contributed by atoms with Crippen LogP contribution < -0.4 is 29.7 Å². The van der Waals surface area contributed by atoms with E-state index in [0.29, 0.717) is 17.7 Å². The van der Waals surface area contributed by atoms with Crippen molar-refractivity contribution in [2.24, 2.45) is 0 Å². The van der Waals surface area contributed by atoms with Gasteiger partial charge >= 0.3 is 5.97 Å². The zero-order chi connectivity index (χ0) is 33.2. The molecule has 5 aliphatic heterocycles. The van der Waals surface area contributed by atoms with Crippen molar-refractivity contribution in [3.63, 3.8) is 0 Å². The van der Waals surface area contributed by atoms with Crippen molar-refractivity contribution >= 4 is 23.1 Å². The Morgan fingerprint density at radius 2 is 1.79 bits per heavy atom. The van der Waals surface area contributed by atoms with Crippen LogP contribution in [0.3, 0.4) is 0 Å². The molecule has 5 aliphatic rings. The lowest BCUT2D eigenvalue weighted by Gasteiger charge is -2.39. The number of nitrogens with one attached hydrogen (secondary N) is 2. The van der Waals surface area contributed by atoms with Crippen LogP contribution in [0.25, 0.3) is 5.57 Å². The first-order valence-corrected chi connectivity index (χ1v) is 17.7. The van der Waals surface area contributed by atoms with Gasteiger partial charge in [0.2, 0.25) is 11.4 Å². The zero-order valence-electron chi connectivity index (χ0n) is 28.3. The van der Waals surface area contributed by atoms with Crippen LogP contribution in [0.5, 0.6) is 11.5 Å². The van der Waals surface area contributed by atoms with E-state index in [0.717, 1.165) is 105 Å². The Balaban J connectivity index is 1.30. The van der Waals surface area contributed by atoms with E-state index in [1.165, 1.54) is 33.9 Å². The highest BCUT2D eigenvalue weighted by molar-refractivity contribution is 6.03. The number of aromatic carboxylic acids is 1. The summed E-state index contributed by atoms with van der Waals surface area (Å²) in [4.78, 5) is 28.8. The van der Waals surface area contributed by atoms with E-state index in [9.17, 15) is 14.7 Å². The molecule has 8 nitrogen and oxygen atoms in total. The van der Waals surface area contributed by atoms with Crippen LogP contribution in [-0.2, 0) is 25.7 Å². The third-order valence-corrected chi connectivity index (χ3v) is 10.4. The number of allylic oxidation sites excluding steroid dienone is 2. The minimum absolute atomic E-state index is 0.0126. The fraction of sp³-hybridized carbons (Fsp3) is 0.425. The third kappa shape index (κ3) is 5.30. The SMILES string of the molecule is CC(C)(C)NCCCNC(=O)c1ccc(C2=c3cc4[n+]5c(c3Oc3c2cc2c6c3CCCN6CCC2)CCCC=5C=CC4)c(C(=O)O)c1. The second-order valence-electron chi connectivity index (χ2n) is 14.9. The summed E-state index contributed by atoms with van der Waals surface area (Å²) < 4.78 is 9.49. The summed E-state index contributed by atoms with van der Waals surface area (Å²) in [6, 6.07) is 9.68. The fourth-order valence-electron chi connectivity index (χ4n) is 8.39. The summed E-state index contributed by atoms with van der Waals surface area (Å²) in [5.74, 6) is 0.412. The van der Waals surface area contributed by atoms with Gasteiger partial charge in [0, 0.05) is 83.3 Å². The number of ether oxygens (including phenoxy) is 1. The van der Waals surface area contributed by atoms with Crippen molar-refractivity contribution < 1.29 is 23.7 Å². The van der Waals surface area contributed by atoms with Gasteiger partial charge in [0.05, 0.1) is 12.0 Å². The third-order valence-electron chi connectivity index (χ3n) is 10.4. The molecule has 48 heavy (non-hydrogen) atoms. The van der Waals surface area contributed by atoms with Crippen molar-refractivity contribution in [1.29, 1.82) is 0 Å². The number of benzene rings is 2. The van der Waals surface area contributed by atoms with Gasteiger partial charge in [-0.1, -0.05) is 12.1 Å². The number of hydrogen-bond acceptors (Lipinski definition) is 5. The number of pyridine rings is 1. The van der Waals surface area contributed by atoms with E-state index in [-0.39, 0.29) is 17.0 Å². The molecule has 8 heteroatoms. The summed E-state index contributed by atoms with van der Waals surface area (Å²) >= 11 is 0. The monoisotopic (exact) mass is 645 g/mol. The lowest BCUT2D eigenvalue weighted by molar-refractivity contribution is -0.546. The van der Waals surface area contributed by atoms with Crippen molar-refractivity contribution in [3.05, 3.63) is 98.2 Å². The van der Waals surface area contributed by atoms with E-state index in [1.807, 2.05) is 6.07 Å². The number of carboxylic acids is 1. The molecule has 8 rings (SSSR count). The van der Waals surface area contributed by atoms with Crippen LogP contribution in [0.4, 0.5) is 5.69 Å². The summed E-state index contributed by atoms with van der Waals surface area (Å²) in [5, 5.41) is 18.1. The molecule has 0 spiro atoms. The lowest BCUT2D eigenvalue weighted by atomic mass is 9.82. The van der Waals surface area contributed by atoms with Gasteiger partial charge in [-0.25, -0.2) is 4.79 Å². The predicted octanol–water partition coefficient (Wildman–Crippen LogP) is 5.06. The van der Waals surface area contributed by atoms with Gasteiger partial charge in [-0.3, -0.25) is 4.79 Å². The van der Waals surface area contributed by atoms with Crippen molar-refractivity contribution in [2.75, 3.05) is 31.1 Å². The predicted molar refractivity (Wildman–Crippen MR) is 186 cm³/mol. The molecule has 0 saturated heterocycles. The average molecular weight is 646 g/mol. The molecular formula is C40H45N4O4+. The summed E-state index contributed by atoms with van der Waals surface area (Å²) in [7, 11) is 0. The molecule has 1 aromatic heterocycles. The maximum absolute atomic E-state index is 13.3. The number of carbonyl (C=O) groups excluding carboxylic acids is 1. The number of rotatable bonds is 7. The minimum Gasteiger partial charge on any atom is -0.478 e. The Hall–Kier alpha value is -4.43. The summed E-state index contributed by atoms with van der Waals surface area (Å²) in [6.45, 7) is 9.75. The van der Waals surface area contributed by atoms with E-state index in [2.05, 4.69) is 64.8 Å². The van der Waals surface area contributed by atoms with Gasteiger partial charge in [0.1, 0.15) is 5.75 Å². The quantitative estimate of drug-likeness (QED) is 0.192. The average Bonchev–Trinajstić information content (AvgIpc) is 3.07. The molecule has 2 aromatic carbocycles. The Morgan fingerprint density at radius 3 is 2.60 bits per heavy atom. The smallest absolute Gasteiger partial charge is 0.336 e. The molecule has 0 radical (unpaired) electrons. The molecule has 0 atom stereocenters. The maximum atomic E-state index is 13.3. The summed E-state index contributed by atoms with van der Waals surface area (Å²) in [5.41, 5.74) is 10.5. The van der Waals surface area contributed by atoms with E-state index in [4.69, 9.17) is 4.74 Å². The van der Waals surface area contributed by atoms with E-state index < -0.39 is 5.97 Å². The molecule has 0 aliphatic carbocycles. The highest BCUT2D eigenvalue weighted by atomic mass is 16.5. The van der Waals surface area contributed by atoms with Gasteiger partial charge in [-0.2, -0.15) is 4.24 Å². The molecule has 0 saturated carbocycles. The van der Waals surface area contributed by atoms with Crippen LogP contribution in [0.15, 0.2) is 42.5 Å². The highest BCUT2D eigenvalue weighted by Crippen LogP contribution is 2.48. The molecule has 0 fully saturated rings. The van der Waals surface area contributed by atoms with Gasteiger partial charge in [-0.05, 0) is 95.2 Å². The van der Waals surface area contributed by atoms with Crippen molar-refractivity contribution in [3.8, 4) is 11.5 Å². The second kappa shape index (κ2) is 11.9. The molecule has 0 unspecified atom stereocenters. The number of hydrogen-bond donors (Lipinski definition) is 3. The van der Waals surface area contributed by atoms with Crippen LogP contribution >= 0.6 is 0 Å². The van der Waals surface area contributed by atoms with Crippen molar-refractivity contribution in [2.45, 2.75) is 84.1 Å². The molecule has 248 valence electrons. The van der Waals surface area contributed by atoms with Gasteiger partial charge in [0.15, 0.2) is 11.4 Å². The summed E-state index contributed by atoms with van der Waals surface area (Å²) in [6.07, 6.45) is 13.1. The Labute approximate surface area is 281 Å². The van der Waals surface area contributed by atoms with Gasteiger partial charge < -0.3 is 25.4 Å². The fourth-order valence-corrected chi connectivity index (χ4v) is 8.39. The molecular weight excluding hydrogens is 600 g/mol. The molecule has 3 N–H and O–H groups in total. The van der Waals surface area contributed by atoms with Gasteiger partial charge in [0.25, 0.3) is 5.91 Å². The van der Waals surface area contributed by atoms with Gasteiger partial charge in [-0.15, -0.1) is 0 Å². The molecule has 3 aromatic rings. The number of anilines is 1. The first-order valence-electron chi connectivity index (χ1n) is 17.7. The number of aryl methyl sites for hydroxylation is 1. The Bertz CT molecular complexity index is 2040. The van der Waals surface area contributed by atoms with Crippen LogP contribution in [-0.4, -0.2) is 48.7 Å². The number of carbonyl (C=O) groups is 2. The normalized spacial score (nSPS) is 17.2. The highest BCUT2D eigenvalue weighted by Gasteiger charge is 2.37. The first kappa shape index (κ1) is 30.9. The van der Waals surface area contributed by atoms with Crippen LogP contribution in [0.1, 0.15) is 107 Å². The van der Waals surface area contributed by atoms with Crippen molar-refractivity contribution in [1.82, 2.24) is 10.6 Å². The number of amides is 1. The lowest BCUT2D eigenvalue weighted by Crippen LogP contribution is -2.41. The second-order valence-corrected chi connectivity index (χ2v) is 14.9. The number of fused-ring (bicyclic) bond motifs is 4. The topological polar surface area (TPSA) is 96.8 Å². The van der Waals surface area contributed by atoms with E-state index >= 15 is 0 Å². The number of aromatic nitrogens is 1. The van der Waals surface area contributed by atoms with E-state index in [1.54, 1.807) is 12.1 Å². The van der Waals surface area contributed by atoms with Crippen LogP contribution in [0, 0.1) is 5.71 Å². The maximum Gasteiger partial charge on any atom is 0.336 e. The Kier molecular flexibility index (Phi) is 7.67. The number of nitrogens with zero attached hydrogens (tertiary/aromatic N) is 2. The number of carboxylic acid groups (broad SMARTS) is 1. The molecule has 6 heterocycles. The Morgan fingerprint density at radius 1 is 0.958 bits per heavy atom. The standard InChI is InChI=1S/C40H44N4O4/c1-40(2,3)42-18-8-17-41-38(45)25-15-16-28(30(22-25)39(46)47)34-31-21-24-9-6-19-43-20-7-13-29(35(24)43)36(31)48-37-32(34)23-27-12-4-10-26-11-5-14-33(37)44(26)27/h4,10,15-16,21-23,42H,5-9,11-14,17-20H2,1-3H3,(H-,41,45,46,47)/p+1. The zero-order valence-corrected chi connectivity index (χ0v) is 28.3. The largest absolute Gasteiger partial charge is 0.478 e. The minimum atomic E-state index is -1.05. The molecule has 1 amide bonds. The van der Waals surface area contributed by atoms with Crippen LogP contribution in [0.2, 0.25) is 0 Å². The molecule has 0 bridgehead atoms. The first-order chi connectivity index (χ1) is 23.2.